The predicted molar refractivity (Wildman–Crippen MR) is 65.2 cm³/mol. The molecule has 1 aromatic rings. The fourth-order valence-electron chi connectivity index (χ4n) is 1.75. The third-order valence-corrected chi connectivity index (χ3v) is 3.01. The van der Waals surface area contributed by atoms with Crippen molar-refractivity contribution in [1.29, 1.82) is 0 Å². The second-order valence-corrected chi connectivity index (χ2v) is 4.20. The van der Waals surface area contributed by atoms with Crippen LogP contribution >= 0.6 is 0 Å². The Morgan fingerprint density at radius 1 is 1.31 bits per heavy atom. The maximum Gasteiger partial charge on any atom is 0.138 e. The Kier molecular flexibility index (Phi) is 5.20. The summed E-state index contributed by atoms with van der Waals surface area (Å²) in [4.78, 5) is 11.4. The van der Waals surface area contributed by atoms with E-state index < -0.39 is 6.10 Å². The zero-order chi connectivity index (χ0) is 12.0. The number of ketones is 1. The molecule has 1 aromatic carbocycles. The molecule has 0 aromatic heterocycles. The molecule has 0 unspecified atom stereocenters. The molecule has 2 nitrogen and oxygen atoms in total. The number of hydrogen-bond donors (Lipinski definition) is 1. The van der Waals surface area contributed by atoms with Crippen molar-refractivity contribution in [2.75, 3.05) is 0 Å². The summed E-state index contributed by atoms with van der Waals surface area (Å²) in [6.07, 6.45) is 1.46. The summed E-state index contributed by atoms with van der Waals surface area (Å²) in [5.74, 6) is -0.103. The molecule has 0 amide bonds. The molecule has 0 aliphatic heterocycles. The summed E-state index contributed by atoms with van der Waals surface area (Å²) in [6.45, 7) is 3.64. The van der Waals surface area contributed by atoms with Gasteiger partial charge in [0.1, 0.15) is 5.78 Å². The van der Waals surface area contributed by atoms with E-state index in [0.29, 0.717) is 12.8 Å². The quantitative estimate of drug-likeness (QED) is 0.800. The predicted octanol–water partition coefficient (Wildman–Crippen LogP) is 2.60. The molecule has 0 bridgehead atoms. The molecule has 2 heteroatoms. The van der Waals surface area contributed by atoms with Gasteiger partial charge < -0.3 is 5.11 Å². The fourth-order valence-corrected chi connectivity index (χ4v) is 1.75. The Morgan fingerprint density at radius 3 is 2.50 bits per heavy atom. The Hall–Kier alpha value is -1.15. The van der Waals surface area contributed by atoms with E-state index in [0.717, 1.165) is 6.42 Å². The lowest BCUT2D eigenvalue weighted by Crippen LogP contribution is -2.25. The Labute approximate surface area is 97.3 Å². The summed E-state index contributed by atoms with van der Waals surface area (Å²) in [6, 6.07) is 10.0. The average molecular weight is 220 g/mol. The zero-order valence-electron chi connectivity index (χ0n) is 10.0. The van der Waals surface area contributed by atoms with Crippen LogP contribution in [-0.2, 0) is 11.2 Å². The third kappa shape index (κ3) is 3.78. The van der Waals surface area contributed by atoms with Gasteiger partial charge >= 0.3 is 0 Å². The highest BCUT2D eigenvalue weighted by Crippen LogP contribution is 2.13. The van der Waals surface area contributed by atoms with Crippen LogP contribution in [0.25, 0.3) is 0 Å². The van der Waals surface area contributed by atoms with Gasteiger partial charge in [0.15, 0.2) is 0 Å². The molecule has 1 N–H and O–H groups in total. The molecular weight excluding hydrogens is 200 g/mol. The molecule has 0 spiro atoms. The van der Waals surface area contributed by atoms with Crippen LogP contribution in [-0.4, -0.2) is 17.0 Å². The number of aryl methyl sites for hydroxylation is 1. The summed E-state index contributed by atoms with van der Waals surface area (Å²) in [5, 5.41) is 9.86. The SMILES string of the molecule is CCC(=O)[C@H](C)[C@@H](O)CCc1ccccc1. The van der Waals surface area contributed by atoms with E-state index in [9.17, 15) is 9.90 Å². The van der Waals surface area contributed by atoms with Gasteiger partial charge in [0, 0.05) is 12.3 Å². The van der Waals surface area contributed by atoms with Crippen molar-refractivity contribution in [1.82, 2.24) is 0 Å². The van der Waals surface area contributed by atoms with Crippen LogP contribution in [0.5, 0.6) is 0 Å². The maximum absolute atomic E-state index is 11.4. The van der Waals surface area contributed by atoms with Crippen molar-refractivity contribution in [2.45, 2.75) is 39.2 Å². The molecular formula is C14H20O2. The van der Waals surface area contributed by atoms with Gasteiger partial charge in [-0.15, -0.1) is 0 Å². The molecule has 0 saturated heterocycles. The fraction of sp³-hybridized carbons (Fsp3) is 0.500. The summed E-state index contributed by atoms with van der Waals surface area (Å²) < 4.78 is 0. The summed E-state index contributed by atoms with van der Waals surface area (Å²) >= 11 is 0. The number of Topliss-reactive ketones (excluding diaryl/α,β-unsaturated/α-hetero) is 1. The zero-order valence-corrected chi connectivity index (χ0v) is 10.0. The number of carbonyl (C=O) groups excluding carboxylic acids is 1. The lowest BCUT2D eigenvalue weighted by Gasteiger charge is -2.16. The topological polar surface area (TPSA) is 37.3 Å². The minimum Gasteiger partial charge on any atom is -0.392 e. The number of aliphatic hydroxyl groups is 1. The van der Waals surface area contributed by atoms with Crippen molar-refractivity contribution < 1.29 is 9.90 Å². The molecule has 0 fully saturated rings. The Bertz CT molecular complexity index is 319. The molecule has 88 valence electrons. The number of benzene rings is 1. The molecule has 0 heterocycles. The van der Waals surface area contributed by atoms with Gasteiger partial charge in [-0.2, -0.15) is 0 Å². The van der Waals surface area contributed by atoms with Gasteiger partial charge in [-0.05, 0) is 18.4 Å². The standard InChI is InChI=1S/C14H20O2/c1-3-13(15)11(2)14(16)10-9-12-7-5-4-6-8-12/h4-8,11,14,16H,3,9-10H2,1-2H3/t11-,14-/m0/s1. The van der Waals surface area contributed by atoms with E-state index in [1.54, 1.807) is 0 Å². The smallest absolute Gasteiger partial charge is 0.138 e. The number of rotatable bonds is 6. The monoisotopic (exact) mass is 220 g/mol. The first-order valence-corrected chi connectivity index (χ1v) is 5.89. The van der Waals surface area contributed by atoms with E-state index in [1.165, 1.54) is 5.56 Å². The van der Waals surface area contributed by atoms with Crippen molar-refractivity contribution in [3.8, 4) is 0 Å². The largest absolute Gasteiger partial charge is 0.392 e. The molecule has 16 heavy (non-hydrogen) atoms. The minimum absolute atomic E-state index is 0.139. The number of aliphatic hydroxyl groups excluding tert-OH is 1. The molecule has 1 rings (SSSR count). The Balaban J connectivity index is 2.41. The normalized spacial score (nSPS) is 14.4. The van der Waals surface area contributed by atoms with Crippen LogP contribution in [0.2, 0.25) is 0 Å². The van der Waals surface area contributed by atoms with Crippen LogP contribution in [0.15, 0.2) is 30.3 Å². The summed E-state index contributed by atoms with van der Waals surface area (Å²) in [7, 11) is 0. The van der Waals surface area contributed by atoms with E-state index >= 15 is 0 Å². The van der Waals surface area contributed by atoms with Crippen molar-refractivity contribution in [2.24, 2.45) is 5.92 Å². The highest BCUT2D eigenvalue weighted by molar-refractivity contribution is 5.80. The average Bonchev–Trinajstić information content (AvgIpc) is 2.35. The molecule has 0 aliphatic rings. The van der Waals surface area contributed by atoms with Gasteiger partial charge in [0.25, 0.3) is 0 Å². The third-order valence-electron chi connectivity index (χ3n) is 3.01. The highest BCUT2D eigenvalue weighted by Gasteiger charge is 2.19. The van der Waals surface area contributed by atoms with Crippen molar-refractivity contribution in [3.63, 3.8) is 0 Å². The van der Waals surface area contributed by atoms with Crippen LogP contribution in [0.1, 0.15) is 32.3 Å². The first-order valence-electron chi connectivity index (χ1n) is 5.89. The Morgan fingerprint density at radius 2 is 1.94 bits per heavy atom. The molecule has 0 aliphatic carbocycles. The first-order chi connectivity index (χ1) is 7.65. The van der Waals surface area contributed by atoms with E-state index in [4.69, 9.17) is 0 Å². The van der Waals surface area contributed by atoms with Gasteiger partial charge in [0.2, 0.25) is 0 Å². The highest BCUT2D eigenvalue weighted by atomic mass is 16.3. The lowest BCUT2D eigenvalue weighted by atomic mass is 9.93. The number of hydrogen-bond acceptors (Lipinski definition) is 2. The van der Waals surface area contributed by atoms with Gasteiger partial charge in [-0.1, -0.05) is 44.2 Å². The van der Waals surface area contributed by atoms with E-state index in [2.05, 4.69) is 0 Å². The maximum atomic E-state index is 11.4. The van der Waals surface area contributed by atoms with Crippen LogP contribution in [0.3, 0.4) is 0 Å². The first kappa shape index (κ1) is 12.9. The van der Waals surface area contributed by atoms with Gasteiger partial charge in [0.05, 0.1) is 6.10 Å². The molecule has 0 radical (unpaired) electrons. The van der Waals surface area contributed by atoms with Crippen molar-refractivity contribution >= 4 is 5.78 Å². The van der Waals surface area contributed by atoms with Crippen LogP contribution in [0, 0.1) is 5.92 Å². The van der Waals surface area contributed by atoms with Crippen LogP contribution < -0.4 is 0 Å². The van der Waals surface area contributed by atoms with Gasteiger partial charge in [-0.3, -0.25) is 4.79 Å². The van der Waals surface area contributed by atoms with E-state index in [1.807, 2.05) is 44.2 Å². The van der Waals surface area contributed by atoms with Gasteiger partial charge in [-0.25, -0.2) is 0 Å². The van der Waals surface area contributed by atoms with E-state index in [-0.39, 0.29) is 11.7 Å². The number of carbonyl (C=O) groups is 1. The second kappa shape index (κ2) is 6.44. The molecule has 0 saturated carbocycles. The van der Waals surface area contributed by atoms with Crippen LogP contribution in [0.4, 0.5) is 0 Å². The summed E-state index contributed by atoms with van der Waals surface area (Å²) in [5.41, 5.74) is 1.21. The second-order valence-electron chi connectivity index (χ2n) is 4.20. The minimum atomic E-state index is -0.521. The lowest BCUT2D eigenvalue weighted by molar-refractivity contribution is -0.125. The van der Waals surface area contributed by atoms with Crippen molar-refractivity contribution in [3.05, 3.63) is 35.9 Å². The molecule has 2 atom stereocenters.